The first-order valence-corrected chi connectivity index (χ1v) is 9.12. The van der Waals surface area contributed by atoms with Crippen LogP contribution >= 0.6 is 0 Å². The van der Waals surface area contributed by atoms with Crippen LogP contribution < -0.4 is 10.2 Å². The van der Waals surface area contributed by atoms with Gasteiger partial charge in [-0.3, -0.25) is 4.90 Å². The van der Waals surface area contributed by atoms with Gasteiger partial charge in [-0.15, -0.1) is 0 Å². The molecule has 0 bridgehead atoms. The number of urea groups is 1. The Bertz CT molecular complexity index is 910. The van der Waals surface area contributed by atoms with Gasteiger partial charge in [0.1, 0.15) is 0 Å². The van der Waals surface area contributed by atoms with Crippen molar-refractivity contribution in [2.24, 2.45) is 0 Å². The van der Waals surface area contributed by atoms with E-state index in [1.54, 1.807) is 36.1 Å². The predicted molar refractivity (Wildman–Crippen MR) is 110 cm³/mol. The monoisotopic (exact) mass is 374 g/mol. The summed E-state index contributed by atoms with van der Waals surface area (Å²) in [5, 5.41) is 2.89. The molecular formula is C23H22N2O3. The molecule has 3 aromatic carbocycles. The zero-order valence-electron chi connectivity index (χ0n) is 15.7. The molecule has 0 fully saturated rings. The molecule has 0 aliphatic heterocycles. The number of nitrogens with zero attached hydrogens (tertiary/aromatic N) is 1. The standard InChI is InChI=1S/C23H22N2O3/c1-2-28-22(26)19-13-15-20(16-14-19)24-23(27)25(21-11-7-4-8-12-21)17-18-9-5-3-6-10-18/h3-16H,2,17H2,1H3,(H,24,27). The molecule has 28 heavy (non-hydrogen) atoms. The Morgan fingerprint density at radius 2 is 1.46 bits per heavy atom. The summed E-state index contributed by atoms with van der Waals surface area (Å²) in [5.41, 5.74) is 2.88. The van der Waals surface area contributed by atoms with E-state index in [0.717, 1.165) is 11.3 Å². The zero-order chi connectivity index (χ0) is 19.8. The van der Waals surface area contributed by atoms with Gasteiger partial charge < -0.3 is 10.1 Å². The third-order valence-corrected chi connectivity index (χ3v) is 4.14. The van der Waals surface area contributed by atoms with Crippen molar-refractivity contribution in [1.82, 2.24) is 0 Å². The fourth-order valence-corrected chi connectivity index (χ4v) is 2.75. The average Bonchev–Trinajstić information content (AvgIpc) is 2.74. The summed E-state index contributed by atoms with van der Waals surface area (Å²) in [6.45, 7) is 2.53. The number of nitrogens with one attached hydrogen (secondary N) is 1. The maximum atomic E-state index is 13.0. The predicted octanol–water partition coefficient (Wildman–Crippen LogP) is 5.10. The summed E-state index contributed by atoms with van der Waals surface area (Å²) >= 11 is 0. The van der Waals surface area contributed by atoms with Gasteiger partial charge in [0.2, 0.25) is 0 Å². The molecule has 3 aromatic rings. The van der Waals surface area contributed by atoms with Gasteiger partial charge in [0.15, 0.2) is 0 Å². The number of ether oxygens (including phenoxy) is 1. The van der Waals surface area contributed by atoms with Gasteiger partial charge >= 0.3 is 12.0 Å². The lowest BCUT2D eigenvalue weighted by Crippen LogP contribution is -2.34. The van der Waals surface area contributed by atoms with Crippen LogP contribution in [0.3, 0.4) is 0 Å². The van der Waals surface area contributed by atoms with E-state index < -0.39 is 0 Å². The van der Waals surface area contributed by atoms with E-state index in [1.807, 2.05) is 60.7 Å². The molecule has 0 saturated carbocycles. The van der Waals surface area contributed by atoms with E-state index >= 15 is 0 Å². The first-order valence-electron chi connectivity index (χ1n) is 9.12. The molecule has 0 atom stereocenters. The number of benzene rings is 3. The topological polar surface area (TPSA) is 58.6 Å². The maximum absolute atomic E-state index is 13.0. The molecule has 5 nitrogen and oxygen atoms in total. The molecule has 0 aliphatic carbocycles. The van der Waals surface area contributed by atoms with Gasteiger partial charge in [-0.1, -0.05) is 48.5 Å². The first kappa shape index (κ1) is 19.2. The molecule has 0 spiro atoms. The highest BCUT2D eigenvalue weighted by Gasteiger charge is 2.16. The lowest BCUT2D eigenvalue weighted by atomic mass is 10.2. The Morgan fingerprint density at radius 3 is 2.07 bits per heavy atom. The third kappa shape index (κ3) is 4.98. The zero-order valence-corrected chi connectivity index (χ0v) is 15.7. The number of carbonyl (C=O) groups excluding carboxylic acids is 2. The van der Waals surface area contributed by atoms with E-state index in [-0.39, 0.29) is 12.0 Å². The minimum atomic E-state index is -0.379. The molecule has 3 rings (SSSR count). The highest BCUT2D eigenvalue weighted by molar-refractivity contribution is 6.02. The smallest absolute Gasteiger partial charge is 0.338 e. The van der Waals surface area contributed by atoms with E-state index in [1.165, 1.54) is 0 Å². The molecule has 0 heterocycles. The normalized spacial score (nSPS) is 10.2. The number of carbonyl (C=O) groups is 2. The molecule has 0 radical (unpaired) electrons. The highest BCUT2D eigenvalue weighted by Crippen LogP contribution is 2.19. The number of hydrogen-bond donors (Lipinski definition) is 1. The van der Waals surface area contributed by atoms with E-state index in [9.17, 15) is 9.59 Å². The molecule has 0 unspecified atom stereocenters. The Balaban J connectivity index is 1.77. The van der Waals surface area contributed by atoms with Crippen LogP contribution in [0.4, 0.5) is 16.2 Å². The summed E-state index contributed by atoms with van der Waals surface area (Å²) in [6.07, 6.45) is 0. The minimum absolute atomic E-state index is 0.251. The SMILES string of the molecule is CCOC(=O)c1ccc(NC(=O)N(Cc2ccccc2)c2ccccc2)cc1. The Labute approximate surface area is 164 Å². The van der Waals surface area contributed by atoms with Gasteiger partial charge in [-0.2, -0.15) is 0 Å². The number of hydrogen-bond acceptors (Lipinski definition) is 3. The number of esters is 1. The minimum Gasteiger partial charge on any atom is -0.462 e. The molecule has 1 N–H and O–H groups in total. The average molecular weight is 374 g/mol. The Kier molecular flexibility index (Phi) is 6.41. The quantitative estimate of drug-likeness (QED) is 0.611. The summed E-state index contributed by atoms with van der Waals surface area (Å²) in [6, 6.07) is 25.7. The molecule has 2 amide bonds. The van der Waals surface area contributed by atoms with Crippen molar-refractivity contribution in [3.05, 3.63) is 96.1 Å². The second-order valence-electron chi connectivity index (χ2n) is 6.14. The molecule has 0 aromatic heterocycles. The van der Waals surface area contributed by atoms with Crippen LogP contribution in [0.1, 0.15) is 22.8 Å². The largest absolute Gasteiger partial charge is 0.462 e. The lowest BCUT2D eigenvalue weighted by Gasteiger charge is -2.23. The van der Waals surface area contributed by atoms with E-state index in [2.05, 4.69) is 5.32 Å². The van der Waals surface area contributed by atoms with Crippen molar-refractivity contribution in [3.8, 4) is 0 Å². The van der Waals surface area contributed by atoms with E-state index in [4.69, 9.17) is 4.74 Å². The summed E-state index contributed by atoms with van der Waals surface area (Å²) in [5.74, 6) is -0.379. The summed E-state index contributed by atoms with van der Waals surface area (Å²) < 4.78 is 4.98. The van der Waals surface area contributed by atoms with Crippen molar-refractivity contribution in [2.45, 2.75) is 13.5 Å². The van der Waals surface area contributed by atoms with Gasteiger partial charge in [-0.05, 0) is 48.9 Å². The van der Waals surface area contributed by atoms with Crippen LogP contribution in [0, 0.1) is 0 Å². The van der Waals surface area contributed by atoms with E-state index in [0.29, 0.717) is 24.4 Å². The summed E-state index contributed by atoms with van der Waals surface area (Å²) in [7, 11) is 0. The van der Waals surface area contributed by atoms with Crippen LogP contribution in [0.2, 0.25) is 0 Å². The molecule has 5 heteroatoms. The Morgan fingerprint density at radius 1 is 0.857 bits per heavy atom. The van der Waals surface area contributed by atoms with Crippen molar-refractivity contribution < 1.29 is 14.3 Å². The first-order chi connectivity index (χ1) is 13.7. The van der Waals surface area contributed by atoms with Crippen LogP contribution in [0.15, 0.2) is 84.9 Å². The number of amides is 2. The summed E-state index contributed by atoms with van der Waals surface area (Å²) in [4.78, 5) is 26.4. The molecule has 142 valence electrons. The second kappa shape index (κ2) is 9.37. The third-order valence-electron chi connectivity index (χ3n) is 4.14. The van der Waals surface area contributed by atoms with Crippen molar-refractivity contribution in [3.63, 3.8) is 0 Å². The second-order valence-corrected chi connectivity index (χ2v) is 6.14. The van der Waals surface area contributed by atoms with Crippen LogP contribution in [-0.2, 0) is 11.3 Å². The fourth-order valence-electron chi connectivity index (χ4n) is 2.75. The molecular weight excluding hydrogens is 352 g/mol. The van der Waals surface area contributed by atoms with Crippen molar-refractivity contribution in [2.75, 3.05) is 16.8 Å². The highest BCUT2D eigenvalue weighted by atomic mass is 16.5. The van der Waals surface area contributed by atoms with Crippen molar-refractivity contribution >= 4 is 23.4 Å². The van der Waals surface area contributed by atoms with Crippen molar-refractivity contribution in [1.29, 1.82) is 0 Å². The fraction of sp³-hybridized carbons (Fsp3) is 0.130. The van der Waals surface area contributed by atoms with Gasteiger partial charge in [-0.25, -0.2) is 9.59 Å². The lowest BCUT2D eigenvalue weighted by molar-refractivity contribution is 0.0526. The van der Waals surface area contributed by atoms with Gasteiger partial charge in [0, 0.05) is 11.4 Å². The van der Waals surface area contributed by atoms with Gasteiger partial charge in [0.05, 0.1) is 18.7 Å². The number of para-hydroxylation sites is 1. The number of anilines is 2. The van der Waals surface area contributed by atoms with Crippen LogP contribution in [0.5, 0.6) is 0 Å². The molecule has 0 saturated heterocycles. The van der Waals surface area contributed by atoms with Crippen LogP contribution in [0.25, 0.3) is 0 Å². The Hall–Kier alpha value is -3.60. The van der Waals surface area contributed by atoms with Crippen LogP contribution in [-0.4, -0.2) is 18.6 Å². The van der Waals surface area contributed by atoms with Gasteiger partial charge in [0.25, 0.3) is 0 Å². The maximum Gasteiger partial charge on any atom is 0.338 e. The molecule has 0 aliphatic rings. The number of rotatable bonds is 6.